The first-order chi connectivity index (χ1) is 11.8. The summed E-state index contributed by atoms with van der Waals surface area (Å²) in [4.78, 5) is 24.3. The first kappa shape index (κ1) is 18.7. The van der Waals surface area contributed by atoms with Crippen LogP contribution in [-0.2, 0) is 9.53 Å². The second-order valence-corrected chi connectivity index (χ2v) is 6.91. The van der Waals surface area contributed by atoms with Crippen molar-refractivity contribution in [2.75, 3.05) is 6.61 Å². The summed E-state index contributed by atoms with van der Waals surface area (Å²) in [6.45, 7) is 7.77. The summed E-state index contributed by atoms with van der Waals surface area (Å²) in [7, 11) is 0. The molecule has 0 unspecified atom stereocenters. The Balaban J connectivity index is 2.32. The van der Waals surface area contributed by atoms with Gasteiger partial charge in [0.1, 0.15) is 0 Å². The van der Waals surface area contributed by atoms with Crippen LogP contribution in [0.3, 0.4) is 0 Å². The largest absolute Gasteiger partial charge is 0.462 e. The minimum atomic E-state index is -0.488. The summed E-state index contributed by atoms with van der Waals surface area (Å²) in [5.74, 6) is -0.375. The fourth-order valence-electron chi connectivity index (χ4n) is 2.38. The molecule has 0 saturated heterocycles. The minimum Gasteiger partial charge on any atom is -0.462 e. The zero-order valence-electron chi connectivity index (χ0n) is 15.2. The molecule has 132 valence electrons. The molecule has 0 saturated carbocycles. The maximum absolute atomic E-state index is 12.5. The summed E-state index contributed by atoms with van der Waals surface area (Å²) in [5.41, 5.74) is 1.91. The van der Waals surface area contributed by atoms with Gasteiger partial charge in [-0.15, -0.1) is 0 Å². The van der Waals surface area contributed by atoms with Crippen LogP contribution in [-0.4, -0.2) is 18.5 Å². The highest BCUT2D eigenvalue weighted by Crippen LogP contribution is 2.25. The molecule has 2 aromatic carbocycles. The summed E-state index contributed by atoms with van der Waals surface area (Å²) in [5, 5.41) is 3.11. The third-order valence-corrected chi connectivity index (χ3v) is 3.84. The Labute approximate surface area is 149 Å². The number of carbonyl (C=O) groups excluding carboxylic acids is 2. The van der Waals surface area contributed by atoms with Gasteiger partial charge in [-0.1, -0.05) is 63.2 Å². The summed E-state index contributed by atoms with van der Waals surface area (Å²) < 4.78 is 5.01. The number of nitrogens with one attached hydrogen (secondary N) is 1. The van der Waals surface area contributed by atoms with Crippen molar-refractivity contribution < 1.29 is 14.3 Å². The Bertz CT molecular complexity index is 715. The molecule has 0 radical (unpaired) electrons. The summed E-state index contributed by atoms with van der Waals surface area (Å²) in [6.07, 6.45) is 0. The number of esters is 1. The van der Waals surface area contributed by atoms with E-state index in [1.54, 1.807) is 19.1 Å². The number of benzene rings is 2. The molecular weight excluding hydrogens is 314 g/mol. The molecule has 1 N–H and O–H groups in total. The zero-order valence-corrected chi connectivity index (χ0v) is 15.2. The fourth-order valence-corrected chi connectivity index (χ4v) is 2.38. The van der Waals surface area contributed by atoms with E-state index in [4.69, 9.17) is 4.74 Å². The third-order valence-electron chi connectivity index (χ3n) is 3.84. The topological polar surface area (TPSA) is 55.4 Å². The van der Waals surface area contributed by atoms with Gasteiger partial charge in [-0.3, -0.25) is 4.79 Å². The van der Waals surface area contributed by atoms with Crippen LogP contribution in [0.2, 0.25) is 0 Å². The van der Waals surface area contributed by atoms with Gasteiger partial charge < -0.3 is 10.1 Å². The van der Waals surface area contributed by atoms with E-state index in [1.807, 2.05) is 63.2 Å². The van der Waals surface area contributed by atoms with Gasteiger partial charge in [-0.25, -0.2) is 4.79 Å². The lowest BCUT2D eigenvalue weighted by atomic mass is 9.92. The highest BCUT2D eigenvalue weighted by Gasteiger charge is 2.25. The van der Waals surface area contributed by atoms with Crippen LogP contribution < -0.4 is 5.32 Å². The van der Waals surface area contributed by atoms with E-state index in [1.165, 1.54) is 0 Å². The van der Waals surface area contributed by atoms with Crippen molar-refractivity contribution in [3.63, 3.8) is 0 Å². The minimum absolute atomic E-state index is 0.0316. The molecule has 0 spiro atoms. The van der Waals surface area contributed by atoms with Crippen LogP contribution in [0.15, 0.2) is 54.6 Å². The van der Waals surface area contributed by atoms with Crippen LogP contribution in [0.5, 0.6) is 0 Å². The SMILES string of the molecule is CCOC(=O)c1ccc([C@H](NC(=O)C(C)(C)C)c2ccccc2)cc1. The molecule has 1 atom stereocenters. The first-order valence-electron chi connectivity index (χ1n) is 8.46. The van der Waals surface area contributed by atoms with Gasteiger partial charge >= 0.3 is 5.97 Å². The van der Waals surface area contributed by atoms with E-state index >= 15 is 0 Å². The van der Waals surface area contributed by atoms with E-state index in [-0.39, 0.29) is 17.9 Å². The standard InChI is InChI=1S/C21H25NO3/c1-5-25-19(23)17-13-11-16(12-14-17)18(15-9-7-6-8-10-15)22-20(24)21(2,3)4/h6-14,18H,5H2,1-4H3,(H,22,24)/t18-/m1/s1. The highest BCUT2D eigenvalue weighted by molar-refractivity contribution is 5.89. The molecule has 0 aliphatic rings. The maximum atomic E-state index is 12.5. The number of ether oxygens (including phenoxy) is 1. The van der Waals surface area contributed by atoms with E-state index in [0.29, 0.717) is 12.2 Å². The van der Waals surface area contributed by atoms with Crippen molar-refractivity contribution in [2.24, 2.45) is 5.41 Å². The molecule has 2 rings (SSSR count). The van der Waals surface area contributed by atoms with E-state index in [0.717, 1.165) is 11.1 Å². The fraction of sp³-hybridized carbons (Fsp3) is 0.333. The van der Waals surface area contributed by atoms with Crippen molar-refractivity contribution >= 4 is 11.9 Å². The van der Waals surface area contributed by atoms with Gasteiger partial charge in [0.2, 0.25) is 5.91 Å². The average Bonchev–Trinajstić information content (AvgIpc) is 2.60. The lowest BCUT2D eigenvalue weighted by Crippen LogP contribution is -2.37. The van der Waals surface area contributed by atoms with Gasteiger partial charge in [0.25, 0.3) is 0 Å². The predicted molar refractivity (Wildman–Crippen MR) is 98.3 cm³/mol. The number of hydrogen-bond donors (Lipinski definition) is 1. The molecule has 0 fully saturated rings. The van der Waals surface area contributed by atoms with Crippen molar-refractivity contribution in [3.8, 4) is 0 Å². The van der Waals surface area contributed by atoms with Crippen molar-refractivity contribution in [1.82, 2.24) is 5.32 Å². The summed E-state index contributed by atoms with van der Waals surface area (Å²) in [6, 6.07) is 16.7. The predicted octanol–water partition coefficient (Wildman–Crippen LogP) is 4.12. The Hall–Kier alpha value is -2.62. The molecule has 25 heavy (non-hydrogen) atoms. The molecule has 0 heterocycles. The van der Waals surface area contributed by atoms with Gasteiger partial charge in [0.15, 0.2) is 0 Å². The van der Waals surface area contributed by atoms with Gasteiger partial charge in [0.05, 0.1) is 18.2 Å². The Morgan fingerprint density at radius 1 is 0.960 bits per heavy atom. The highest BCUT2D eigenvalue weighted by atomic mass is 16.5. The number of amides is 1. The molecule has 0 bridgehead atoms. The molecule has 0 aliphatic heterocycles. The van der Waals surface area contributed by atoms with E-state index in [2.05, 4.69) is 5.32 Å². The van der Waals surface area contributed by atoms with Crippen molar-refractivity contribution in [2.45, 2.75) is 33.7 Å². The number of rotatable bonds is 5. The monoisotopic (exact) mass is 339 g/mol. The van der Waals surface area contributed by atoms with E-state index in [9.17, 15) is 9.59 Å². The van der Waals surface area contributed by atoms with Gasteiger partial charge in [0, 0.05) is 5.41 Å². The van der Waals surface area contributed by atoms with E-state index < -0.39 is 5.41 Å². The second-order valence-electron chi connectivity index (χ2n) is 6.91. The van der Waals surface area contributed by atoms with Gasteiger partial charge in [-0.05, 0) is 30.2 Å². The van der Waals surface area contributed by atoms with Crippen LogP contribution in [0.25, 0.3) is 0 Å². The lowest BCUT2D eigenvalue weighted by Gasteiger charge is -2.25. The molecular formula is C21H25NO3. The normalized spacial score (nSPS) is 12.3. The van der Waals surface area contributed by atoms with Crippen molar-refractivity contribution in [1.29, 1.82) is 0 Å². The zero-order chi connectivity index (χ0) is 18.4. The van der Waals surface area contributed by atoms with Crippen LogP contribution in [0, 0.1) is 5.41 Å². The molecule has 4 nitrogen and oxygen atoms in total. The molecule has 1 amide bonds. The third kappa shape index (κ3) is 4.92. The average molecular weight is 339 g/mol. The second kappa shape index (κ2) is 7.97. The Morgan fingerprint density at radius 3 is 2.04 bits per heavy atom. The molecule has 0 aromatic heterocycles. The van der Waals surface area contributed by atoms with Crippen LogP contribution in [0.4, 0.5) is 0 Å². The van der Waals surface area contributed by atoms with Crippen LogP contribution in [0.1, 0.15) is 55.2 Å². The number of carbonyl (C=O) groups is 2. The molecule has 4 heteroatoms. The smallest absolute Gasteiger partial charge is 0.338 e. The van der Waals surface area contributed by atoms with Gasteiger partial charge in [-0.2, -0.15) is 0 Å². The van der Waals surface area contributed by atoms with Crippen molar-refractivity contribution in [3.05, 3.63) is 71.3 Å². The number of hydrogen-bond acceptors (Lipinski definition) is 3. The Kier molecular flexibility index (Phi) is 5.97. The lowest BCUT2D eigenvalue weighted by molar-refractivity contribution is -0.129. The first-order valence-corrected chi connectivity index (χ1v) is 8.46. The summed E-state index contributed by atoms with van der Waals surface area (Å²) >= 11 is 0. The van der Waals surface area contributed by atoms with Crippen LogP contribution >= 0.6 is 0 Å². The molecule has 0 aliphatic carbocycles. The Morgan fingerprint density at radius 2 is 1.52 bits per heavy atom. The quantitative estimate of drug-likeness (QED) is 0.834. The maximum Gasteiger partial charge on any atom is 0.338 e. The molecule has 2 aromatic rings.